The van der Waals surface area contributed by atoms with Crippen molar-refractivity contribution in [3.63, 3.8) is 0 Å². The zero-order valence-corrected chi connectivity index (χ0v) is 13.3. The molecule has 0 fully saturated rings. The van der Waals surface area contributed by atoms with E-state index in [4.69, 9.17) is 0 Å². The summed E-state index contributed by atoms with van der Waals surface area (Å²) < 4.78 is 12.6. The van der Waals surface area contributed by atoms with Crippen LogP contribution >= 0.6 is 15.9 Å². The van der Waals surface area contributed by atoms with Crippen LogP contribution in [-0.4, -0.2) is 26.8 Å². The third kappa shape index (κ3) is 2.26. The van der Waals surface area contributed by atoms with Crippen molar-refractivity contribution < 1.29 is 9.00 Å². The van der Waals surface area contributed by atoms with E-state index in [1.165, 1.54) is 0 Å². The van der Waals surface area contributed by atoms with Gasteiger partial charge in [-0.15, -0.1) is 0 Å². The van der Waals surface area contributed by atoms with Crippen molar-refractivity contribution in [3.05, 3.63) is 27.7 Å². The molecular formula is C13H16BrNO2S. The molecule has 1 aromatic carbocycles. The number of hydrogen-bond acceptors (Lipinski definition) is 2. The monoisotopic (exact) mass is 329 g/mol. The largest absolute Gasteiger partial charge is 0.329 e. The molecule has 0 aromatic heterocycles. The second-order valence-electron chi connectivity index (χ2n) is 5.45. The second kappa shape index (κ2) is 4.46. The number of hydrogen-bond donors (Lipinski definition) is 0. The number of carbonyl (C=O) groups is 1. The molecule has 1 aromatic rings. The van der Waals surface area contributed by atoms with Gasteiger partial charge in [0, 0.05) is 22.8 Å². The molecule has 98 valence electrons. The molecule has 0 aliphatic carbocycles. The average Bonchev–Trinajstić information content (AvgIpc) is 2.54. The van der Waals surface area contributed by atoms with Gasteiger partial charge in [0.15, 0.2) is 0 Å². The summed E-state index contributed by atoms with van der Waals surface area (Å²) in [6.45, 7) is 6.61. The lowest BCUT2D eigenvalue weighted by Crippen LogP contribution is -2.41. The Morgan fingerprint density at radius 1 is 1.33 bits per heavy atom. The van der Waals surface area contributed by atoms with Gasteiger partial charge >= 0.3 is 0 Å². The summed E-state index contributed by atoms with van der Waals surface area (Å²) in [6, 6.07) is 3.72. The van der Waals surface area contributed by atoms with Gasteiger partial charge in [0.2, 0.25) is 0 Å². The van der Waals surface area contributed by atoms with Gasteiger partial charge in [-0.3, -0.25) is 9.00 Å². The number of fused-ring (bicyclic) bond motifs is 1. The molecule has 18 heavy (non-hydrogen) atoms. The first kappa shape index (κ1) is 13.7. The fraction of sp³-hybridized carbons (Fsp3) is 0.462. The fourth-order valence-electron chi connectivity index (χ4n) is 2.15. The number of halogens is 1. The molecule has 0 radical (unpaired) electrons. The standard InChI is InChI=1S/C13H16BrNO2S/c1-13(2,3)15-7-8-5-9(14)6-10(18(4)17)11(8)12(15)16/h5-6H,7H2,1-4H3. The van der Waals surface area contributed by atoms with Gasteiger partial charge in [-0.25, -0.2) is 0 Å². The lowest BCUT2D eigenvalue weighted by atomic mass is 10.1. The van der Waals surface area contributed by atoms with Crippen LogP contribution in [0, 0.1) is 0 Å². The Balaban J connectivity index is 2.59. The van der Waals surface area contributed by atoms with Gasteiger partial charge in [-0.2, -0.15) is 0 Å². The number of nitrogens with zero attached hydrogens (tertiary/aromatic N) is 1. The fourth-order valence-corrected chi connectivity index (χ4v) is 3.60. The van der Waals surface area contributed by atoms with Crippen molar-refractivity contribution >= 4 is 32.6 Å². The molecule has 0 bridgehead atoms. The highest BCUT2D eigenvalue weighted by Crippen LogP contribution is 2.34. The first-order valence-corrected chi connectivity index (χ1v) is 8.04. The van der Waals surface area contributed by atoms with Crippen LogP contribution < -0.4 is 0 Å². The molecule has 1 heterocycles. The zero-order valence-electron chi connectivity index (χ0n) is 10.9. The molecule has 0 spiro atoms. The SMILES string of the molecule is CS(=O)c1cc(Br)cc2c1C(=O)N(C(C)(C)C)C2. The molecule has 2 rings (SSSR count). The zero-order chi connectivity index (χ0) is 13.7. The Labute approximate surface area is 118 Å². The summed E-state index contributed by atoms with van der Waals surface area (Å²) in [5.74, 6) is -0.0183. The third-order valence-corrected chi connectivity index (χ3v) is 4.45. The number of benzene rings is 1. The van der Waals surface area contributed by atoms with E-state index in [0.29, 0.717) is 17.0 Å². The van der Waals surface area contributed by atoms with Crippen LogP contribution in [0.2, 0.25) is 0 Å². The van der Waals surface area contributed by atoms with Crippen LogP contribution in [0.25, 0.3) is 0 Å². The highest BCUT2D eigenvalue weighted by Gasteiger charge is 2.37. The maximum Gasteiger partial charge on any atom is 0.256 e. The van der Waals surface area contributed by atoms with E-state index < -0.39 is 10.8 Å². The minimum absolute atomic E-state index is 0.0183. The maximum absolute atomic E-state index is 12.5. The molecule has 5 heteroatoms. The molecule has 0 saturated carbocycles. The van der Waals surface area contributed by atoms with Gasteiger partial charge in [-0.1, -0.05) is 15.9 Å². The maximum atomic E-state index is 12.5. The number of rotatable bonds is 1. The summed E-state index contributed by atoms with van der Waals surface area (Å²) in [6.07, 6.45) is 1.61. The van der Waals surface area contributed by atoms with Crippen molar-refractivity contribution in [1.82, 2.24) is 4.90 Å². The predicted molar refractivity (Wildman–Crippen MR) is 76.1 cm³/mol. The molecule has 0 N–H and O–H groups in total. The molecular weight excluding hydrogens is 314 g/mol. The van der Waals surface area contributed by atoms with Crippen molar-refractivity contribution in [2.75, 3.05) is 6.26 Å². The molecule has 0 saturated heterocycles. The van der Waals surface area contributed by atoms with Gasteiger partial charge in [0.1, 0.15) is 0 Å². The predicted octanol–water partition coefficient (Wildman–Crippen LogP) is 2.94. The smallest absolute Gasteiger partial charge is 0.256 e. The molecule has 1 unspecified atom stereocenters. The lowest BCUT2D eigenvalue weighted by Gasteiger charge is -2.31. The molecule has 1 amide bonds. The van der Waals surface area contributed by atoms with E-state index in [2.05, 4.69) is 15.9 Å². The van der Waals surface area contributed by atoms with Crippen molar-refractivity contribution in [2.24, 2.45) is 0 Å². The molecule has 1 atom stereocenters. The summed E-state index contributed by atoms with van der Waals surface area (Å²) in [4.78, 5) is 14.9. The Morgan fingerprint density at radius 2 is 1.94 bits per heavy atom. The van der Waals surface area contributed by atoms with E-state index >= 15 is 0 Å². The van der Waals surface area contributed by atoms with Crippen LogP contribution in [0.3, 0.4) is 0 Å². The normalized spacial score (nSPS) is 16.9. The number of amides is 1. The van der Waals surface area contributed by atoms with Gasteiger partial charge in [-0.05, 0) is 38.5 Å². The van der Waals surface area contributed by atoms with E-state index in [1.54, 1.807) is 12.3 Å². The van der Waals surface area contributed by atoms with Gasteiger partial charge in [0.05, 0.1) is 21.3 Å². The molecule has 1 aliphatic heterocycles. The third-order valence-electron chi connectivity index (χ3n) is 3.06. The summed E-state index contributed by atoms with van der Waals surface area (Å²) >= 11 is 3.41. The summed E-state index contributed by atoms with van der Waals surface area (Å²) in [7, 11) is -1.16. The summed E-state index contributed by atoms with van der Waals surface area (Å²) in [5, 5.41) is 0. The van der Waals surface area contributed by atoms with E-state index in [0.717, 1.165) is 10.0 Å². The van der Waals surface area contributed by atoms with E-state index in [-0.39, 0.29) is 11.4 Å². The highest BCUT2D eigenvalue weighted by molar-refractivity contribution is 9.10. The Hall–Kier alpha value is -0.680. The molecule has 3 nitrogen and oxygen atoms in total. The van der Waals surface area contributed by atoms with Crippen LogP contribution in [-0.2, 0) is 17.3 Å². The lowest BCUT2D eigenvalue weighted by molar-refractivity contribution is 0.0607. The van der Waals surface area contributed by atoms with Crippen LogP contribution in [0.4, 0.5) is 0 Å². The highest BCUT2D eigenvalue weighted by atomic mass is 79.9. The van der Waals surface area contributed by atoms with E-state index in [9.17, 15) is 9.00 Å². The minimum Gasteiger partial charge on any atom is -0.329 e. The molecule has 1 aliphatic rings. The first-order valence-electron chi connectivity index (χ1n) is 5.69. The Kier molecular flexibility index (Phi) is 3.40. The Bertz CT molecular complexity index is 549. The van der Waals surface area contributed by atoms with Gasteiger partial charge < -0.3 is 4.90 Å². The van der Waals surface area contributed by atoms with Crippen molar-refractivity contribution in [1.29, 1.82) is 0 Å². The van der Waals surface area contributed by atoms with Crippen LogP contribution in [0.1, 0.15) is 36.7 Å². The minimum atomic E-state index is -1.16. The second-order valence-corrected chi connectivity index (χ2v) is 7.72. The van der Waals surface area contributed by atoms with Crippen molar-refractivity contribution in [3.8, 4) is 0 Å². The average molecular weight is 330 g/mol. The quantitative estimate of drug-likeness (QED) is 0.794. The van der Waals surface area contributed by atoms with E-state index in [1.807, 2.05) is 31.7 Å². The van der Waals surface area contributed by atoms with Crippen LogP contribution in [0.15, 0.2) is 21.5 Å². The first-order chi connectivity index (χ1) is 8.21. The number of carbonyl (C=O) groups excluding carboxylic acids is 1. The summed E-state index contributed by atoms with van der Waals surface area (Å²) in [5.41, 5.74) is 1.35. The topological polar surface area (TPSA) is 37.4 Å². The Morgan fingerprint density at radius 3 is 2.44 bits per heavy atom. The van der Waals surface area contributed by atoms with Gasteiger partial charge in [0.25, 0.3) is 5.91 Å². The van der Waals surface area contributed by atoms with Crippen molar-refractivity contribution in [2.45, 2.75) is 37.8 Å². The van der Waals surface area contributed by atoms with Crippen LogP contribution in [0.5, 0.6) is 0 Å².